The lowest BCUT2D eigenvalue weighted by molar-refractivity contribution is -0.148. The molecule has 120 valence electrons. The van der Waals surface area contributed by atoms with Crippen LogP contribution in [0.4, 0.5) is 0 Å². The normalized spacial score (nSPS) is 22.5. The number of hydrogen-bond donors (Lipinski definition) is 1. The molecule has 1 aromatic carbocycles. The molecule has 2 heterocycles. The van der Waals surface area contributed by atoms with Crippen LogP contribution in [-0.2, 0) is 19.6 Å². The molecule has 0 aliphatic carbocycles. The number of morpholine rings is 1. The average Bonchev–Trinajstić information content (AvgIpc) is 2.51. The predicted molar refractivity (Wildman–Crippen MR) is 83.8 cm³/mol. The lowest BCUT2D eigenvalue weighted by atomic mass is 9.91. The van der Waals surface area contributed by atoms with E-state index in [1.807, 2.05) is 0 Å². The molecule has 1 amide bonds. The lowest BCUT2D eigenvalue weighted by Crippen LogP contribution is -2.57. The number of nitrogens with one attached hydrogen (secondary N) is 1. The van der Waals surface area contributed by atoms with E-state index < -0.39 is 15.6 Å². The van der Waals surface area contributed by atoms with Gasteiger partial charge in [0, 0.05) is 24.1 Å². The smallest absolute Gasteiger partial charge is 0.246 e. The predicted octanol–water partition coefficient (Wildman–Crippen LogP) is 1.12. The Hall–Kier alpha value is -0.960. The molecule has 2 saturated heterocycles. The van der Waals surface area contributed by atoms with Crippen LogP contribution in [0.1, 0.15) is 12.8 Å². The summed E-state index contributed by atoms with van der Waals surface area (Å²) in [6.07, 6.45) is 1.17. The number of halogens is 1. The standard InChI is InChI=1S/C14H17BrN2O4S/c15-11-1-3-12(4-2-11)22(19,20)17-7-5-14(6-8-17)10-16-13(18)9-21-14/h1-4H,5-10H2,(H,16,18). The Kier molecular flexibility index (Phi) is 4.28. The van der Waals surface area contributed by atoms with Crippen molar-refractivity contribution in [3.63, 3.8) is 0 Å². The molecule has 3 rings (SSSR count). The van der Waals surface area contributed by atoms with Gasteiger partial charge in [-0.3, -0.25) is 4.79 Å². The largest absolute Gasteiger partial charge is 0.363 e. The summed E-state index contributed by atoms with van der Waals surface area (Å²) in [7, 11) is -3.48. The van der Waals surface area contributed by atoms with Crippen LogP contribution < -0.4 is 5.32 Å². The zero-order chi connectivity index (χ0) is 15.8. The van der Waals surface area contributed by atoms with Gasteiger partial charge in [0.25, 0.3) is 0 Å². The van der Waals surface area contributed by atoms with Gasteiger partial charge in [-0.05, 0) is 37.1 Å². The first-order chi connectivity index (χ1) is 10.4. The van der Waals surface area contributed by atoms with E-state index in [2.05, 4.69) is 21.2 Å². The highest BCUT2D eigenvalue weighted by molar-refractivity contribution is 9.10. The molecule has 1 N–H and O–H groups in total. The number of nitrogens with zero attached hydrogens (tertiary/aromatic N) is 1. The number of piperidine rings is 1. The van der Waals surface area contributed by atoms with Crippen molar-refractivity contribution in [3.8, 4) is 0 Å². The molecule has 1 spiro atoms. The number of benzene rings is 1. The summed E-state index contributed by atoms with van der Waals surface area (Å²) < 4.78 is 33.2. The van der Waals surface area contributed by atoms with Gasteiger partial charge < -0.3 is 10.1 Å². The van der Waals surface area contributed by atoms with E-state index in [1.165, 1.54) is 4.31 Å². The van der Waals surface area contributed by atoms with E-state index in [1.54, 1.807) is 24.3 Å². The third-order valence-corrected chi connectivity index (χ3v) is 6.64. The number of carbonyl (C=O) groups is 1. The fraction of sp³-hybridized carbons (Fsp3) is 0.500. The van der Waals surface area contributed by atoms with Gasteiger partial charge in [-0.15, -0.1) is 0 Å². The summed E-state index contributed by atoms with van der Waals surface area (Å²) in [4.78, 5) is 11.5. The van der Waals surface area contributed by atoms with Crippen molar-refractivity contribution in [2.75, 3.05) is 26.2 Å². The number of amides is 1. The van der Waals surface area contributed by atoms with Crippen LogP contribution in [0.3, 0.4) is 0 Å². The van der Waals surface area contributed by atoms with Crippen LogP contribution in [0.15, 0.2) is 33.6 Å². The molecule has 0 radical (unpaired) electrons. The lowest BCUT2D eigenvalue weighted by Gasteiger charge is -2.43. The van der Waals surface area contributed by atoms with Crippen LogP contribution in [0.25, 0.3) is 0 Å². The topological polar surface area (TPSA) is 75.7 Å². The third kappa shape index (κ3) is 3.05. The van der Waals surface area contributed by atoms with E-state index in [9.17, 15) is 13.2 Å². The molecule has 0 aromatic heterocycles. The summed E-state index contributed by atoms with van der Waals surface area (Å²) >= 11 is 3.30. The Labute approximate surface area is 138 Å². The van der Waals surface area contributed by atoms with Crippen LogP contribution in [0.5, 0.6) is 0 Å². The summed E-state index contributed by atoms with van der Waals surface area (Å²) in [6, 6.07) is 6.64. The Balaban J connectivity index is 1.70. The Morgan fingerprint density at radius 2 is 1.82 bits per heavy atom. The monoisotopic (exact) mass is 388 g/mol. The van der Waals surface area contributed by atoms with Crippen LogP contribution in [0.2, 0.25) is 0 Å². The second kappa shape index (κ2) is 5.92. The minimum absolute atomic E-state index is 0.0550. The second-order valence-electron chi connectivity index (χ2n) is 5.61. The molecule has 2 aliphatic heterocycles. The van der Waals surface area contributed by atoms with Gasteiger partial charge in [0.1, 0.15) is 6.61 Å². The molecule has 0 unspecified atom stereocenters. The maximum absolute atomic E-state index is 12.6. The highest BCUT2D eigenvalue weighted by Crippen LogP contribution is 2.30. The maximum atomic E-state index is 12.6. The van der Waals surface area contributed by atoms with Gasteiger partial charge in [0.2, 0.25) is 15.9 Å². The number of hydrogen-bond acceptors (Lipinski definition) is 4. The van der Waals surface area contributed by atoms with Crippen molar-refractivity contribution in [1.82, 2.24) is 9.62 Å². The minimum Gasteiger partial charge on any atom is -0.363 e. The third-order valence-electron chi connectivity index (χ3n) is 4.20. The first-order valence-electron chi connectivity index (χ1n) is 7.08. The zero-order valence-corrected chi connectivity index (χ0v) is 14.3. The van der Waals surface area contributed by atoms with Gasteiger partial charge in [-0.25, -0.2) is 8.42 Å². The number of ether oxygens (including phenoxy) is 1. The highest BCUT2D eigenvalue weighted by Gasteiger charge is 2.41. The van der Waals surface area contributed by atoms with Crippen molar-refractivity contribution in [3.05, 3.63) is 28.7 Å². The van der Waals surface area contributed by atoms with Crippen molar-refractivity contribution >= 4 is 31.9 Å². The molecule has 0 atom stereocenters. The fourth-order valence-electron chi connectivity index (χ4n) is 2.79. The Morgan fingerprint density at radius 3 is 2.36 bits per heavy atom. The molecule has 2 fully saturated rings. The number of carbonyl (C=O) groups excluding carboxylic acids is 1. The molecular formula is C14H17BrN2O4S. The Bertz CT molecular complexity index is 655. The summed E-state index contributed by atoms with van der Waals surface area (Å²) in [5.74, 6) is -0.115. The van der Waals surface area contributed by atoms with Gasteiger partial charge in [-0.2, -0.15) is 4.31 Å². The first kappa shape index (κ1) is 15.9. The van der Waals surface area contributed by atoms with Gasteiger partial charge in [-0.1, -0.05) is 15.9 Å². The fourth-order valence-corrected chi connectivity index (χ4v) is 4.50. The molecule has 0 bridgehead atoms. The molecule has 8 heteroatoms. The molecule has 0 saturated carbocycles. The second-order valence-corrected chi connectivity index (χ2v) is 8.46. The van der Waals surface area contributed by atoms with Crippen molar-refractivity contribution in [1.29, 1.82) is 0 Å². The molecule has 22 heavy (non-hydrogen) atoms. The minimum atomic E-state index is -3.48. The Morgan fingerprint density at radius 1 is 1.18 bits per heavy atom. The quantitative estimate of drug-likeness (QED) is 0.823. The van der Waals surface area contributed by atoms with Crippen LogP contribution in [0, 0.1) is 0 Å². The summed E-state index contributed by atoms with van der Waals surface area (Å²) in [6.45, 7) is 1.31. The van der Waals surface area contributed by atoms with Crippen LogP contribution >= 0.6 is 15.9 Å². The molecule has 2 aliphatic rings. The van der Waals surface area contributed by atoms with Crippen molar-refractivity contribution in [2.24, 2.45) is 0 Å². The van der Waals surface area contributed by atoms with Gasteiger partial charge >= 0.3 is 0 Å². The van der Waals surface area contributed by atoms with Crippen molar-refractivity contribution in [2.45, 2.75) is 23.3 Å². The molecule has 6 nitrogen and oxygen atoms in total. The SMILES string of the molecule is O=C1COC2(CCN(S(=O)(=O)c3ccc(Br)cc3)CC2)CN1. The van der Waals surface area contributed by atoms with E-state index >= 15 is 0 Å². The maximum Gasteiger partial charge on any atom is 0.246 e. The first-order valence-corrected chi connectivity index (χ1v) is 9.31. The van der Waals surface area contributed by atoms with E-state index in [0.29, 0.717) is 37.4 Å². The van der Waals surface area contributed by atoms with E-state index in [-0.39, 0.29) is 12.5 Å². The van der Waals surface area contributed by atoms with E-state index in [0.717, 1.165) is 4.47 Å². The zero-order valence-electron chi connectivity index (χ0n) is 11.9. The average molecular weight is 389 g/mol. The highest BCUT2D eigenvalue weighted by atomic mass is 79.9. The van der Waals surface area contributed by atoms with Crippen molar-refractivity contribution < 1.29 is 17.9 Å². The summed E-state index contributed by atoms with van der Waals surface area (Å²) in [5, 5.41) is 2.80. The number of rotatable bonds is 2. The van der Waals surface area contributed by atoms with E-state index in [4.69, 9.17) is 4.74 Å². The summed E-state index contributed by atoms with van der Waals surface area (Å²) in [5.41, 5.74) is -0.417. The van der Waals surface area contributed by atoms with Gasteiger partial charge in [0.05, 0.1) is 10.5 Å². The molecule has 1 aromatic rings. The number of sulfonamides is 1. The van der Waals surface area contributed by atoms with Gasteiger partial charge in [0.15, 0.2) is 0 Å². The van der Waals surface area contributed by atoms with Crippen LogP contribution in [-0.4, -0.2) is 50.5 Å². The molecular weight excluding hydrogens is 372 g/mol.